The number of aromatic amines is 1. The van der Waals surface area contributed by atoms with Crippen LogP contribution in [-0.2, 0) is 11.3 Å². The molecule has 1 amide bonds. The summed E-state index contributed by atoms with van der Waals surface area (Å²) in [5, 5.41) is 3.15. The van der Waals surface area contributed by atoms with E-state index in [2.05, 4.69) is 46.4 Å². The molecule has 1 fully saturated rings. The third kappa shape index (κ3) is 4.50. The lowest BCUT2D eigenvalue weighted by Gasteiger charge is -2.37. The Labute approximate surface area is 149 Å². The van der Waals surface area contributed by atoms with Crippen LogP contribution in [0.4, 0.5) is 0 Å². The Morgan fingerprint density at radius 1 is 1.36 bits per heavy atom. The van der Waals surface area contributed by atoms with Crippen LogP contribution in [0.25, 0.3) is 0 Å². The number of carbonyl (C=O) groups excluding carboxylic acids is 1. The van der Waals surface area contributed by atoms with Gasteiger partial charge in [0.25, 0.3) is 5.91 Å². The number of H-pyrrole nitrogens is 1. The van der Waals surface area contributed by atoms with Crippen LogP contribution < -0.4 is 5.32 Å². The van der Waals surface area contributed by atoms with Crippen molar-refractivity contribution in [3.05, 3.63) is 59.4 Å². The van der Waals surface area contributed by atoms with Crippen molar-refractivity contribution in [1.29, 1.82) is 0 Å². The average molecular weight is 341 g/mol. The highest BCUT2D eigenvalue weighted by Gasteiger charge is 2.28. The lowest BCUT2D eigenvalue weighted by molar-refractivity contribution is -0.0483. The van der Waals surface area contributed by atoms with E-state index in [0.29, 0.717) is 12.2 Å². The summed E-state index contributed by atoms with van der Waals surface area (Å²) in [6, 6.07) is 12.3. The molecule has 3 rings (SSSR count). The van der Waals surface area contributed by atoms with Crippen molar-refractivity contribution in [3.8, 4) is 0 Å². The number of morpholine rings is 1. The Bertz CT molecular complexity index is 683. The molecule has 1 aromatic carbocycles. The summed E-state index contributed by atoms with van der Waals surface area (Å²) in [4.78, 5) is 18.0. The second-order valence-electron chi connectivity index (χ2n) is 6.63. The fourth-order valence-electron chi connectivity index (χ4n) is 3.36. The van der Waals surface area contributed by atoms with Crippen molar-refractivity contribution in [2.45, 2.75) is 39.0 Å². The molecule has 2 heterocycles. The topological polar surface area (TPSA) is 57.4 Å². The molecule has 1 saturated heterocycles. The molecule has 1 aromatic heterocycles. The van der Waals surface area contributed by atoms with E-state index in [1.54, 1.807) is 6.20 Å². The first-order valence-electron chi connectivity index (χ1n) is 9.00. The van der Waals surface area contributed by atoms with E-state index in [1.807, 2.05) is 19.1 Å². The van der Waals surface area contributed by atoms with Crippen LogP contribution in [0.3, 0.4) is 0 Å². The first-order chi connectivity index (χ1) is 12.2. The molecule has 2 unspecified atom stereocenters. The smallest absolute Gasteiger partial charge is 0.253 e. The number of carbonyl (C=O) groups is 1. The Kier molecular flexibility index (Phi) is 5.89. The van der Waals surface area contributed by atoms with Gasteiger partial charge in [0.05, 0.1) is 24.3 Å². The van der Waals surface area contributed by atoms with E-state index in [1.165, 1.54) is 5.56 Å². The van der Waals surface area contributed by atoms with Crippen LogP contribution in [-0.4, -0.2) is 47.6 Å². The van der Waals surface area contributed by atoms with Crippen LogP contribution in [0.1, 0.15) is 35.0 Å². The zero-order valence-electron chi connectivity index (χ0n) is 15.0. The monoisotopic (exact) mass is 341 g/mol. The fourth-order valence-corrected chi connectivity index (χ4v) is 3.36. The molecule has 25 heavy (non-hydrogen) atoms. The van der Waals surface area contributed by atoms with Crippen molar-refractivity contribution in [2.24, 2.45) is 0 Å². The molecule has 0 aliphatic carbocycles. The zero-order valence-corrected chi connectivity index (χ0v) is 15.0. The van der Waals surface area contributed by atoms with Crippen LogP contribution in [0.2, 0.25) is 0 Å². The predicted octanol–water partition coefficient (Wildman–Crippen LogP) is 2.73. The van der Waals surface area contributed by atoms with Crippen molar-refractivity contribution < 1.29 is 9.53 Å². The maximum Gasteiger partial charge on any atom is 0.253 e. The minimum absolute atomic E-state index is 0.0142. The maximum atomic E-state index is 12.5. The summed E-state index contributed by atoms with van der Waals surface area (Å²) in [6.07, 6.45) is 2.66. The van der Waals surface area contributed by atoms with Crippen molar-refractivity contribution in [1.82, 2.24) is 15.2 Å². The quantitative estimate of drug-likeness (QED) is 0.849. The third-order valence-electron chi connectivity index (χ3n) is 4.83. The number of hydrogen-bond acceptors (Lipinski definition) is 3. The minimum Gasteiger partial charge on any atom is -0.373 e. The van der Waals surface area contributed by atoms with Crippen molar-refractivity contribution in [2.75, 3.05) is 19.7 Å². The summed E-state index contributed by atoms with van der Waals surface area (Å²) >= 11 is 0. The van der Waals surface area contributed by atoms with E-state index in [9.17, 15) is 4.79 Å². The Hall–Kier alpha value is -2.11. The molecular formula is C20H27N3O2. The van der Waals surface area contributed by atoms with Crippen molar-refractivity contribution in [3.63, 3.8) is 0 Å². The molecule has 1 aliphatic heterocycles. The number of nitrogens with zero attached hydrogens (tertiary/aromatic N) is 1. The highest BCUT2D eigenvalue weighted by molar-refractivity contribution is 5.95. The van der Waals surface area contributed by atoms with Crippen molar-refractivity contribution >= 4 is 5.91 Å². The first-order valence-corrected chi connectivity index (χ1v) is 9.00. The highest BCUT2D eigenvalue weighted by Crippen LogP contribution is 2.15. The van der Waals surface area contributed by atoms with E-state index in [4.69, 9.17) is 4.74 Å². The predicted molar refractivity (Wildman–Crippen MR) is 98.5 cm³/mol. The molecule has 5 nitrogen and oxygen atoms in total. The Morgan fingerprint density at radius 3 is 2.84 bits per heavy atom. The number of benzene rings is 1. The Morgan fingerprint density at radius 2 is 2.16 bits per heavy atom. The van der Waals surface area contributed by atoms with Gasteiger partial charge in [-0.15, -0.1) is 0 Å². The van der Waals surface area contributed by atoms with E-state index in [-0.39, 0.29) is 18.1 Å². The molecule has 5 heteroatoms. The van der Waals surface area contributed by atoms with Gasteiger partial charge in [-0.2, -0.15) is 0 Å². The van der Waals surface area contributed by atoms with E-state index >= 15 is 0 Å². The average Bonchev–Trinajstić information content (AvgIpc) is 3.07. The van der Waals surface area contributed by atoms with Gasteiger partial charge in [0, 0.05) is 31.5 Å². The van der Waals surface area contributed by atoms with Gasteiger partial charge < -0.3 is 15.0 Å². The molecule has 0 bridgehead atoms. The second kappa shape index (κ2) is 8.32. The molecule has 0 radical (unpaired) electrons. The molecule has 2 aromatic rings. The first kappa shape index (κ1) is 17.7. The molecule has 1 aliphatic rings. The van der Waals surface area contributed by atoms with Crippen LogP contribution >= 0.6 is 0 Å². The molecule has 0 saturated carbocycles. The standard InChI is InChI=1S/C20H27N3O2/c1-3-18(22-20(24)17-9-10-21-15(17)2)19-14-23(11-12-25-19)13-16-7-5-4-6-8-16/h4-10,18-19,21H,3,11-14H2,1-2H3,(H,22,24). The minimum atomic E-state index is -0.0330. The highest BCUT2D eigenvalue weighted by atomic mass is 16.5. The molecule has 2 atom stereocenters. The normalized spacial score (nSPS) is 19.5. The fraction of sp³-hybridized carbons (Fsp3) is 0.450. The van der Waals surface area contributed by atoms with Gasteiger partial charge in [-0.1, -0.05) is 37.3 Å². The summed E-state index contributed by atoms with van der Waals surface area (Å²) in [5.74, 6) is -0.0330. The molecule has 2 N–H and O–H groups in total. The molecule has 134 valence electrons. The van der Waals surface area contributed by atoms with Gasteiger partial charge in [-0.3, -0.25) is 9.69 Å². The largest absolute Gasteiger partial charge is 0.373 e. The summed E-state index contributed by atoms with van der Waals surface area (Å²) in [5.41, 5.74) is 2.90. The van der Waals surface area contributed by atoms with Gasteiger partial charge in [0.1, 0.15) is 0 Å². The van der Waals surface area contributed by atoms with Gasteiger partial charge in [0.2, 0.25) is 0 Å². The third-order valence-corrected chi connectivity index (χ3v) is 4.83. The Balaban J connectivity index is 1.60. The summed E-state index contributed by atoms with van der Waals surface area (Å²) < 4.78 is 5.98. The lowest BCUT2D eigenvalue weighted by atomic mass is 10.0. The zero-order chi connectivity index (χ0) is 17.6. The van der Waals surface area contributed by atoms with Crippen LogP contribution in [0.5, 0.6) is 0 Å². The molecular weight excluding hydrogens is 314 g/mol. The number of hydrogen-bond donors (Lipinski definition) is 2. The number of ether oxygens (including phenoxy) is 1. The van der Waals surface area contributed by atoms with Gasteiger partial charge >= 0.3 is 0 Å². The summed E-state index contributed by atoms with van der Waals surface area (Å²) in [6.45, 7) is 7.38. The van der Waals surface area contributed by atoms with E-state index in [0.717, 1.165) is 31.7 Å². The number of amides is 1. The number of nitrogens with one attached hydrogen (secondary N) is 2. The summed E-state index contributed by atoms with van der Waals surface area (Å²) in [7, 11) is 0. The van der Waals surface area contributed by atoms with E-state index < -0.39 is 0 Å². The number of aromatic nitrogens is 1. The number of aryl methyl sites for hydroxylation is 1. The maximum absolute atomic E-state index is 12.5. The van der Waals surface area contributed by atoms with Gasteiger partial charge in [0.15, 0.2) is 0 Å². The second-order valence-corrected chi connectivity index (χ2v) is 6.63. The molecule has 0 spiro atoms. The van der Waals surface area contributed by atoms with Crippen LogP contribution in [0.15, 0.2) is 42.6 Å². The lowest BCUT2D eigenvalue weighted by Crippen LogP contribution is -2.53. The van der Waals surface area contributed by atoms with Gasteiger partial charge in [-0.25, -0.2) is 0 Å². The van der Waals surface area contributed by atoms with Gasteiger partial charge in [-0.05, 0) is 25.0 Å². The number of rotatable bonds is 6. The SMILES string of the molecule is CCC(NC(=O)c1cc[nH]c1C)C1CN(Cc2ccccc2)CCO1. The van der Waals surface area contributed by atoms with Crippen LogP contribution in [0, 0.1) is 6.92 Å².